The summed E-state index contributed by atoms with van der Waals surface area (Å²) >= 11 is 6.25. The molecule has 24 heavy (non-hydrogen) atoms. The largest absolute Gasteiger partial charge is 0.299 e. The van der Waals surface area contributed by atoms with E-state index >= 15 is 0 Å². The number of benzene rings is 1. The van der Waals surface area contributed by atoms with Gasteiger partial charge in [-0.1, -0.05) is 37.2 Å². The Bertz CT molecular complexity index is 1000. The van der Waals surface area contributed by atoms with E-state index < -0.39 is 8.07 Å². The molecule has 0 radical (unpaired) electrons. The lowest BCUT2D eigenvalue weighted by Crippen LogP contribution is -2.16. The molecular weight excluding hydrogens is 338 g/mol. The van der Waals surface area contributed by atoms with Gasteiger partial charge in [0.2, 0.25) is 0 Å². The second-order valence-corrected chi connectivity index (χ2v) is 11.9. The number of hydrogen-bond acceptors (Lipinski definition) is 3. The van der Waals surface area contributed by atoms with Crippen LogP contribution in [0.1, 0.15) is 11.3 Å². The zero-order chi connectivity index (χ0) is 16.9. The van der Waals surface area contributed by atoms with Crippen LogP contribution in [0, 0.1) is 11.5 Å². The maximum Gasteiger partial charge on any atom is 0.160 e. The van der Waals surface area contributed by atoms with Gasteiger partial charge >= 0.3 is 0 Å². The summed E-state index contributed by atoms with van der Waals surface area (Å²) in [5, 5.41) is 4.82. The van der Waals surface area contributed by atoms with Crippen LogP contribution in [0.5, 0.6) is 0 Å². The van der Waals surface area contributed by atoms with Crippen LogP contribution in [0.4, 0.5) is 0 Å². The maximum absolute atomic E-state index is 6.25. The Balaban J connectivity index is 1.94. The fraction of sp³-hybridized carbons (Fsp3) is 0.235. The van der Waals surface area contributed by atoms with Crippen LogP contribution in [0.15, 0.2) is 30.9 Å². The van der Waals surface area contributed by atoms with Gasteiger partial charge in [0.15, 0.2) is 11.0 Å². The van der Waals surface area contributed by atoms with E-state index in [1.165, 1.54) is 0 Å². The van der Waals surface area contributed by atoms with E-state index in [2.05, 4.69) is 58.3 Å². The van der Waals surface area contributed by atoms with Crippen molar-refractivity contribution in [2.45, 2.75) is 26.2 Å². The number of halogens is 1. The smallest absolute Gasteiger partial charge is 0.160 e. The van der Waals surface area contributed by atoms with Gasteiger partial charge in [0.05, 0.1) is 17.9 Å². The molecular formula is C17H16ClN5Si. The molecule has 3 heterocycles. The Morgan fingerprint density at radius 1 is 1.21 bits per heavy atom. The van der Waals surface area contributed by atoms with Crippen molar-refractivity contribution in [1.82, 2.24) is 24.3 Å². The molecule has 0 unspecified atom stereocenters. The number of rotatable bonds is 0. The van der Waals surface area contributed by atoms with Gasteiger partial charge in [0.1, 0.15) is 20.7 Å². The Labute approximate surface area is 146 Å². The fourth-order valence-electron chi connectivity index (χ4n) is 2.69. The molecule has 2 aromatic heterocycles. The van der Waals surface area contributed by atoms with Crippen LogP contribution >= 0.6 is 11.6 Å². The molecule has 0 spiro atoms. The topological polar surface area (TPSA) is 48.5 Å². The number of nitrogens with zero attached hydrogens (tertiary/aromatic N) is 5. The lowest BCUT2D eigenvalue weighted by Gasteiger charge is -2.09. The average molecular weight is 354 g/mol. The molecule has 0 fully saturated rings. The van der Waals surface area contributed by atoms with E-state index in [1.807, 2.05) is 15.3 Å². The van der Waals surface area contributed by atoms with Crippen LogP contribution in [0.2, 0.25) is 24.8 Å². The molecule has 3 aromatic rings. The van der Waals surface area contributed by atoms with Gasteiger partial charge in [-0.3, -0.25) is 4.57 Å². The van der Waals surface area contributed by atoms with Crippen molar-refractivity contribution in [2.24, 2.45) is 0 Å². The first-order chi connectivity index (χ1) is 11.4. The first-order valence-corrected chi connectivity index (χ1v) is 11.6. The van der Waals surface area contributed by atoms with Crippen molar-refractivity contribution in [1.29, 1.82) is 0 Å². The second-order valence-electron chi connectivity index (χ2n) is 6.83. The minimum atomic E-state index is -1.43. The summed E-state index contributed by atoms with van der Waals surface area (Å²) < 4.78 is 3.85. The van der Waals surface area contributed by atoms with Crippen molar-refractivity contribution in [3.8, 4) is 28.5 Å². The molecule has 5 nitrogen and oxygen atoms in total. The lowest BCUT2D eigenvalue weighted by molar-refractivity contribution is 0.677. The van der Waals surface area contributed by atoms with Crippen LogP contribution < -0.4 is 0 Å². The van der Waals surface area contributed by atoms with Crippen LogP contribution in [0.25, 0.3) is 17.1 Å². The molecule has 0 amide bonds. The third-order valence-corrected chi connectivity index (χ3v) is 5.00. The number of hydrogen-bond donors (Lipinski definition) is 0. The number of imidazole rings is 1. The second kappa shape index (κ2) is 5.33. The number of fused-ring (bicyclic) bond motifs is 5. The molecule has 120 valence electrons. The summed E-state index contributed by atoms with van der Waals surface area (Å²) in [7, 11) is -1.43. The highest BCUT2D eigenvalue weighted by Gasteiger charge is 2.23. The summed E-state index contributed by atoms with van der Waals surface area (Å²) in [6.07, 6.45) is 3.32. The number of aromatic nitrogens is 5. The lowest BCUT2D eigenvalue weighted by atomic mass is 10.1. The van der Waals surface area contributed by atoms with Gasteiger partial charge in [0, 0.05) is 11.1 Å². The zero-order valence-corrected chi connectivity index (χ0v) is 15.5. The Kier molecular flexibility index (Phi) is 3.37. The highest BCUT2D eigenvalue weighted by Crippen LogP contribution is 2.32. The fourth-order valence-corrected chi connectivity index (χ4v) is 3.41. The third kappa shape index (κ3) is 2.56. The van der Waals surface area contributed by atoms with Gasteiger partial charge in [-0.05, 0) is 18.2 Å². The summed E-state index contributed by atoms with van der Waals surface area (Å²) in [6.45, 7) is 7.25. The van der Waals surface area contributed by atoms with Gasteiger partial charge in [-0.25, -0.2) is 14.6 Å². The molecule has 0 aliphatic carbocycles. The highest BCUT2D eigenvalue weighted by molar-refractivity contribution is 6.83. The predicted molar refractivity (Wildman–Crippen MR) is 96.9 cm³/mol. The van der Waals surface area contributed by atoms with Gasteiger partial charge in [-0.2, -0.15) is 5.10 Å². The quantitative estimate of drug-likeness (QED) is 0.359. The van der Waals surface area contributed by atoms with E-state index in [-0.39, 0.29) is 0 Å². The summed E-state index contributed by atoms with van der Waals surface area (Å²) in [4.78, 5) is 8.67. The first kappa shape index (κ1) is 15.2. The Hall–Kier alpha value is -2.36. The molecule has 0 atom stereocenters. The molecule has 0 bridgehead atoms. The average Bonchev–Trinajstić information content (AvgIpc) is 3.10. The van der Waals surface area contributed by atoms with Crippen molar-refractivity contribution in [2.75, 3.05) is 0 Å². The monoisotopic (exact) mass is 353 g/mol. The van der Waals surface area contributed by atoms with E-state index in [9.17, 15) is 0 Å². The molecule has 0 saturated heterocycles. The highest BCUT2D eigenvalue weighted by atomic mass is 35.5. The standard InChI is InChI=1S/C17H16ClN5Si/c1-24(2,3)7-6-12-4-5-14-13(8-12)17-19-10-21-23(17)9-15-16(18)20-11-22(14)15/h4-5,8,10-11H,9H2,1-3H3. The summed E-state index contributed by atoms with van der Waals surface area (Å²) in [5.74, 6) is 4.13. The summed E-state index contributed by atoms with van der Waals surface area (Å²) in [6, 6.07) is 6.16. The summed E-state index contributed by atoms with van der Waals surface area (Å²) in [5.41, 5.74) is 7.28. The van der Waals surface area contributed by atoms with Crippen molar-refractivity contribution in [3.05, 3.63) is 47.3 Å². The minimum Gasteiger partial charge on any atom is -0.299 e. The third-order valence-electron chi connectivity index (χ3n) is 3.81. The van der Waals surface area contributed by atoms with Crippen molar-refractivity contribution < 1.29 is 0 Å². The zero-order valence-electron chi connectivity index (χ0n) is 13.7. The van der Waals surface area contributed by atoms with Gasteiger partial charge < -0.3 is 0 Å². The molecule has 7 heteroatoms. The van der Waals surface area contributed by atoms with Crippen molar-refractivity contribution in [3.63, 3.8) is 0 Å². The Morgan fingerprint density at radius 3 is 2.83 bits per heavy atom. The van der Waals surface area contributed by atoms with Crippen LogP contribution in [0.3, 0.4) is 0 Å². The first-order valence-electron chi connectivity index (χ1n) is 7.70. The normalized spacial score (nSPS) is 12.5. The molecule has 0 saturated carbocycles. The molecule has 0 N–H and O–H groups in total. The minimum absolute atomic E-state index is 0.493. The van der Waals surface area contributed by atoms with Gasteiger partial charge in [-0.15, -0.1) is 5.54 Å². The van der Waals surface area contributed by atoms with Crippen LogP contribution in [-0.4, -0.2) is 32.4 Å². The molecule has 1 aliphatic rings. The molecule has 1 aliphatic heterocycles. The van der Waals surface area contributed by atoms with E-state index in [0.29, 0.717) is 11.7 Å². The maximum atomic E-state index is 6.25. The van der Waals surface area contributed by atoms with Crippen LogP contribution in [-0.2, 0) is 6.54 Å². The molecule has 1 aromatic carbocycles. The van der Waals surface area contributed by atoms with Gasteiger partial charge in [0.25, 0.3) is 0 Å². The predicted octanol–water partition coefficient (Wildman–Crippen LogP) is 3.37. The van der Waals surface area contributed by atoms with E-state index in [0.717, 1.165) is 28.3 Å². The SMILES string of the molecule is C[Si](C)(C)C#Cc1ccc2c(c1)-c1ncnn1Cc1c(Cl)ncn1-2. The van der Waals surface area contributed by atoms with E-state index in [1.54, 1.807) is 12.7 Å². The van der Waals surface area contributed by atoms with Crippen molar-refractivity contribution >= 4 is 19.7 Å². The van der Waals surface area contributed by atoms with E-state index in [4.69, 9.17) is 11.6 Å². The Morgan fingerprint density at radius 2 is 2.04 bits per heavy atom. The molecule has 4 rings (SSSR count).